The van der Waals surface area contributed by atoms with Gasteiger partial charge in [-0.3, -0.25) is 4.79 Å². The van der Waals surface area contributed by atoms with E-state index in [-0.39, 0.29) is 16.7 Å². The second-order valence-corrected chi connectivity index (χ2v) is 7.61. The highest BCUT2D eigenvalue weighted by molar-refractivity contribution is 7.89. The van der Waals surface area contributed by atoms with Crippen LogP contribution < -0.4 is 10.1 Å². The summed E-state index contributed by atoms with van der Waals surface area (Å²) in [4.78, 5) is 14.2. The first kappa shape index (κ1) is 17.2. The number of hydrazone groups is 1. The minimum Gasteiger partial charge on any atom is -0.326 e. The van der Waals surface area contributed by atoms with E-state index in [9.17, 15) is 13.2 Å². The van der Waals surface area contributed by atoms with Crippen molar-refractivity contribution in [3.63, 3.8) is 0 Å². The molecular formula is C18H19N3O3S. The molecule has 6 nitrogen and oxygen atoms in total. The molecule has 0 atom stereocenters. The van der Waals surface area contributed by atoms with Crippen LogP contribution in [0, 0.1) is 5.92 Å². The van der Waals surface area contributed by atoms with Gasteiger partial charge in [0.1, 0.15) is 0 Å². The van der Waals surface area contributed by atoms with Crippen molar-refractivity contribution in [3.05, 3.63) is 60.2 Å². The van der Waals surface area contributed by atoms with E-state index < -0.39 is 10.0 Å². The Morgan fingerprint density at radius 3 is 2.48 bits per heavy atom. The second-order valence-electron chi connectivity index (χ2n) is 5.95. The summed E-state index contributed by atoms with van der Waals surface area (Å²) >= 11 is 0. The van der Waals surface area contributed by atoms with Crippen molar-refractivity contribution in [2.75, 3.05) is 5.32 Å². The van der Waals surface area contributed by atoms with Gasteiger partial charge in [-0.1, -0.05) is 30.3 Å². The van der Waals surface area contributed by atoms with Crippen LogP contribution in [0.15, 0.2) is 64.6 Å². The first-order chi connectivity index (χ1) is 12.0. The number of sulfonamides is 1. The van der Waals surface area contributed by atoms with Crippen molar-refractivity contribution in [1.82, 2.24) is 4.83 Å². The highest BCUT2D eigenvalue weighted by atomic mass is 32.2. The molecule has 2 aromatic carbocycles. The Labute approximate surface area is 147 Å². The summed E-state index contributed by atoms with van der Waals surface area (Å²) < 4.78 is 24.4. The number of anilines is 1. The number of benzene rings is 2. The summed E-state index contributed by atoms with van der Waals surface area (Å²) in [5.74, 6) is 0.146. The lowest BCUT2D eigenvalue weighted by molar-refractivity contribution is -0.117. The lowest BCUT2D eigenvalue weighted by Gasteiger charge is -2.08. The van der Waals surface area contributed by atoms with Gasteiger partial charge in [0.25, 0.3) is 10.0 Å². The molecular weight excluding hydrogens is 338 g/mol. The van der Waals surface area contributed by atoms with Gasteiger partial charge in [0.15, 0.2) is 0 Å². The average molecular weight is 357 g/mol. The molecule has 0 bridgehead atoms. The van der Waals surface area contributed by atoms with Crippen molar-refractivity contribution in [1.29, 1.82) is 0 Å². The highest BCUT2D eigenvalue weighted by Crippen LogP contribution is 2.30. The zero-order chi connectivity index (χ0) is 17.9. The van der Waals surface area contributed by atoms with Crippen LogP contribution >= 0.6 is 0 Å². The SMILES string of the molecule is CC(=NNS(=O)(=O)c1ccccc1)c1cccc(NC(=O)C2CC2)c1. The normalized spacial score (nSPS) is 14.8. The molecule has 1 fully saturated rings. The Bertz CT molecular complexity index is 904. The third kappa shape index (κ3) is 4.45. The monoisotopic (exact) mass is 357 g/mol. The molecule has 2 N–H and O–H groups in total. The van der Waals surface area contributed by atoms with Crippen molar-refractivity contribution in [2.24, 2.45) is 11.0 Å². The number of nitrogens with one attached hydrogen (secondary N) is 2. The molecule has 0 aliphatic heterocycles. The number of carbonyl (C=O) groups is 1. The van der Waals surface area contributed by atoms with Gasteiger partial charge in [0, 0.05) is 11.6 Å². The highest BCUT2D eigenvalue weighted by Gasteiger charge is 2.29. The van der Waals surface area contributed by atoms with Gasteiger partial charge in [-0.2, -0.15) is 18.4 Å². The fourth-order valence-corrected chi connectivity index (χ4v) is 3.14. The number of hydrogen-bond acceptors (Lipinski definition) is 4. The zero-order valence-corrected chi connectivity index (χ0v) is 14.6. The molecule has 0 radical (unpaired) electrons. The Hall–Kier alpha value is -2.67. The van der Waals surface area contributed by atoms with Crippen LogP contribution in [-0.4, -0.2) is 20.0 Å². The molecule has 1 amide bonds. The van der Waals surface area contributed by atoms with Gasteiger partial charge in [-0.25, -0.2) is 0 Å². The zero-order valence-electron chi connectivity index (χ0n) is 13.8. The number of carbonyl (C=O) groups excluding carboxylic acids is 1. The molecule has 25 heavy (non-hydrogen) atoms. The third-order valence-electron chi connectivity index (χ3n) is 3.88. The maximum atomic E-state index is 12.2. The van der Waals surface area contributed by atoms with E-state index >= 15 is 0 Å². The van der Waals surface area contributed by atoms with Gasteiger partial charge in [-0.15, -0.1) is 0 Å². The number of nitrogens with zero attached hydrogens (tertiary/aromatic N) is 1. The lowest BCUT2D eigenvalue weighted by atomic mass is 10.1. The molecule has 1 aliphatic rings. The van der Waals surface area contributed by atoms with Gasteiger partial charge in [0.05, 0.1) is 10.6 Å². The fraction of sp³-hybridized carbons (Fsp3) is 0.222. The van der Waals surface area contributed by atoms with Crippen LogP contribution in [0.25, 0.3) is 0 Å². The van der Waals surface area contributed by atoms with E-state index in [4.69, 9.17) is 0 Å². The van der Waals surface area contributed by atoms with Crippen LogP contribution in [0.2, 0.25) is 0 Å². The average Bonchev–Trinajstić information content (AvgIpc) is 3.46. The molecule has 0 aromatic heterocycles. The van der Waals surface area contributed by atoms with E-state index in [0.717, 1.165) is 18.4 Å². The molecule has 0 heterocycles. The number of amides is 1. The van der Waals surface area contributed by atoms with Crippen LogP contribution in [0.1, 0.15) is 25.3 Å². The lowest BCUT2D eigenvalue weighted by Crippen LogP contribution is -2.20. The van der Waals surface area contributed by atoms with Crippen molar-refractivity contribution >= 4 is 27.3 Å². The molecule has 0 spiro atoms. The van der Waals surface area contributed by atoms with Gasteiger partial charge < -0.3 is 5.32 Å². The predicted molar refractivity (Wildman–Crippen MR) is 96.8 cm³/mol. The van der Waals surface area contributed by atoms with Crippen LogP contribution in [0.5, 0.6) is 0 Å². The molecule has 1 saturated carbocycles. The van der Waals surface area contributed by atoms with Crippen molar-refractivity contribution in [2.45, 2.75) is 24.7 Å². The summed E-state index contributed by atoms with van der Waals surface area (Å²) in [6, 6.07) is 15.2. The molecule has 0 unspecified atom stereocenters. The second kappa shape index (κ2) is 7.06. The molecule has 3 rings (SSSR count). The largest absolute Gasteiger partial charge is 0.326 e. The number of rotatable bonds is 6. The summed E-state index contributed by atoms with van der Waals surface area (Å²) in [6.07, 6.45) is 1.88. The van der Waals surface area contributed by atoms with Crippen molar-refractivity contribution in [3.8, 4) is 0 Å². The summed E-state index contributed by atoms with van der Waals surface area (Å²) in [5.41, 5.74) is 1.90. The Morgan fingerprint density at radius 2 is 1.80 bits per heavy atom. The van der Waals surface area contributed by atoms with Crippen LogP contribution in [0.3, 0.4) is 0 Å². The Balaban J connectivity index is 1.72. The van der Waals surface area contributed by atoms with Crippen LogP contribution in [-0.2, 0) is 14.8 Å². The smallest absolute Gasteiger partial charge is 0.276 e. The molecule has 2 aromatic rings. The molecule has 1 aliphatic carbocycles. The van der Waals surface area contributed by atoms with E-state index in [1.807, 2.05) is 6.07 Å². The molecule has 0 saturated heterocycles. The van der Waals surface area contributed by atoms with E-state index in [1.165, 1.54) is 12.1 Å². The topological polar surface area (TPSA) is 87.6 Å². The summed E-state index contributed by atoms with van der Waals surface area (Å²) in [7, 11) is -3.70. The first-order valence-electron chi connectivity index (χ1n) is 7.98. The first-order valence-corrected chi connectivity index (χ1v) is 9.46. The Morgan fingerprint density at radius 1 is 1.08 bits per heavy atom. The summed E-state index contributed by atoms with van der Waals surface area (Å²) in [5, 5.41) is 6.84. The maximum Gasteiger partial charge on any atom is 0.276 e. The summed E-state index contributed by atoms with van der Waals surface area (Å²) in [6.45, 7) is 1.70. The standard InChI is InChI=1S/C18H19N3O3S/c1-13(20-21-25(23,24)17-8-3-2-4-9-17)15-6-5-7-16(12-15)19-18(22)14-10-11-14/h2-9,12,14,21H,10-11H2,1H3,(H,19,22). The van der Waals surface area contributed by atoms with E-state index in [2.05, 4.69) is 15.2 Å². The Kier molecular flexibility index (Phi) is 4.85. The third-order valence-corrected chi connectivity index (χ3v) is 5.11. The predicted octanol–water partition coefficient (Wildman–Crippen LogP) is 2.74. The fourth-order valence-electron chi connectivity index (χ4n) is 2.26. The van der Waals surface area contributed by atoms with Gasteiger partial charge >= 0.3 is 0 Å². The van der Waals surface area contributed by atoms with Gasteiger partial charge in [0.2, 0.25) is 5.91 Å². The molecule has 130 valence electrons. The maximum absolute atomic E-state index is 12.2. The minimum absolute atomic E-state index is 0.0246. The quantitative estimate of drug-likeness (QED) is 0.615. The minimum atomic E-state index is -3.70. The molecule has 7 heteroatoms. The van der Waals surface area contributed by atoms with Gasteiger partial charge in [-0.05, 0) is 49.6 Å². The van der Waals surface area contributed by atoms with E-state index in [1.54, 1.807) is 43.3 Å². The number of hydrogen-bond donors (Lipinski definition) is 2. The van der Waals surface area contributed by atoms with Crippen molar-refractivity contribution < 1.29 is 13.2 Å². The van der Waals surface area contributed by atoms with E-state index in [0.29, 0.717) is 11.4 Å². The van der Waals surface area contributed by atoms with Crippen LogP contribution in [0.4, 0.5) is 5.69 Å².